The van der Waals surface area contributed by atoms with Gasteiger partial charge in [-0.15, -0.1) is 0 Å². The Morgan fingerprint density at radius 3 is 2.60 bits per heavy atom. The SMILES string of the molecule is CC(=O)c1cnn2cccnc12.CCCc1cn(CC(C)C)nc1-c1cc(C)ccc1OC(C)C. The first-order chi connectivity index (χ1) is 16.7. The Kier molecular flexibility index (Phi) is 8.79. The van der Waals surface area contributed by atoms with Gasteiger partial charge in [0.2, 0.25) is 0 Å². The van der Waals surface area contributed by atoms with E-state index in [1.54, 1.807) is 23.0 Å². The molecule has 0 amide bonds. The molecule has 3 aromatic heterocycles. The third-order valence-electron chi connectivity index (χ3n) is 5.32. The summed E-state index contributed by atoms with van der Waals surface area (Å²) in [6.45, 7) is 15.4. The molecule has 4 rings (SSSR count). The van der Waals surface area contributed by atoms with Crippen LogP contribution < -0.4 is 4.74 Å². The number of carbonyl (C=O) groups is 1. The summed E-state index contributed by atoms with van der Waals surface area (Å²) in [6, 6.07) is 8.14. The molecule has 0 N–H and O–H groups in total. The predicted octanol–water partition coefficient (Wildman–Crippen LogP) is 6.19. The normalized spacial score (nSPS) is 11.1. The van der Waals surface area contributed by atoms with Crippen LogP contribution in [0, 0.1) is 12.8 Å². The summed E-state index contributed by atoms with van der Waals surface area (Å²) < 4.78 is 9.70. The van der Waals surface area contributed by atoms with Gasteiger partial charge >= 0.3 is 0 Å². The van der Waals surface area contributed by atoms with Crippen molar-refractivity contribution < 1.29 is 9.53 Å². The fourth-order valence-electron chi connectivity index (χ4n) is 3.87. The lowest BCUT2D eigenvalue weighted by molar-refractivity contribution is 0.101. The molecule has 7 heteroatoms. The number of benzene rings is 1. The minimum absolute atomic E-state index is 0.0105. The second kappa shape index (κ2) is 11.8. The monoisotopic (exact) mass is 475 g/mol. The van der Waals surface area contributed by atoms with Gasteiger partial charge in [0.25, 0.3) is 0 Å². The number of hydrogen-bond donors (Lipinski definition) is 0. The summed E-state index contributed by atoms with van der Waals surface area (Å²) >= 11 is 0. The molecule has 0 aliphatic carbocycles. The van der Waals surface area contributed by atoms with Gasteiger partial charge < -0.3 is 4.74 Å². The molecule has 0 aliphatic heterocycles. The van der Waals surface area contributed by atoms with Crippen molar-refractivity contribution in [1.82, 2.24) is 24.4 Å². The highest BCUT2D eigenvalue weighted by Crippen LogP contribution is 2.33. The second-order valence-corrected chi connectivity index (χ2v) is 9.54. The Balaban J connectivity index is 0.000000237. The van der Waals surface area contributed by atoms with Crippen molar-refractivity contribution in [3.8, 4) is 17.0 Å². The molecule has 4 aromatic rings. The zero-order valence-corrected chi connectivity index (χ0v) is 21.9. The Morgan fingerprint density at radius 2 is 1.94 bits per heavy atom. The molecular formula is C28H37N5O2. The minimum Gasteiger partial charge on any atom is -0.490 e. The van der Waals surface area contributed by atoms with Crippen LogP contribution >= 0.6 is 0 Å². The number of hydrogen-bond acceptors (Lipinski definition) is 5. The van der Waals surface area contributed by atoms with E-state index in [1.165, 1.54) is 24.2 Å². The van der Waals surface area contributed by atoms with Crippen LogP contribution in [0.15, 0.2) is 49.1 Å². The third-order valence-corrected chi connectivity index (χ3v) is 5.32. The highest BCUT2D eigenvalue weighted by molar-refractivity contribution is 5.99. The summed E-state index contributed by atoms with van der Waals surface area (Å²) in [6.07, 6.45) is 9.46. The lowest BCUT2D eigenvalue weighted by Crippen LogP contribution is -2.07. The van der Waals surface area contributed by atoms with Gasteiger partial charge in [-0.05, 0) is 63.8 Å². The fourth-order valence-corrected chi connectivity index (χ4v) is 3.87. The van der Waals surface area contributed by atoms with Crippen molar-refractivity contribution in [3.05, 3.63) is 65.7 Å². The number of rotatable bonds is 8. The minimum atomic E-state index is -0.0105. The van der Waals surface area contributed by atoms with Crippen molar-refractivity contribution in [2.45, 2.75) is 74.0 Å². The molecule has 0 atom stereocenters. The van der Waals surface area contributed by atoms with Crippen molar-refractivity contribution in [3.63, 3.8) is 0 Å². The number of nitrogens with zero attached hydrogens (tertiary/aromatic N) is 5. The van der Waals surface area contributed by atoms with E-state index in [4.69, 9.17) is 9.84 Å². The van der Waals surface area contributed by atoms with Crippen LogP contribution in [0.3, 0.4) is 0 Å². The van der Waals surface area contributed by atoms with Gasteiger partial charge in [0.1, 0.15) is 5.75 Å². The molecule has 0 bridgehead atoms. The third kappa shape index (κ3) is 6.78. The molecule has 7 nitrogen and oxygen atoms in total. The molecule has 0 saturated carbocycles. The Morgan fingerprint density at radius 1 is 1.17 bits per heavy atom. The first-order valence-corrected chi connectivity index (χ1v) is 12.3. The number of fused-ring (bicyclic) bond motifs is 1. The van der Waals surface area contributed by atoms with Crippen LogP contribution in [0.25, 0.3) is 16.9 Å². The van der Waals surface area contributed by atoms with Crippen molar-refractivity contribution >= 4 is 11.4 Å². The van der Waals surface area contributed by atoms with E-state index < -0.39 is 0 Å². The van der Waals surface area contributed by atoms with Gasteiger partial charge in [0, 0.05) is 30.7 Å². The molecule has 1 aromatic carbocycles. The zero-order chi connectivity index (χ0) is 25.5. The molecule has 0 saturated heterocycles. The van der Waals surface area contributed by atoms with Gasteiger partial charge in [-0.1, -0.05) is 38.8 Å². The van der Waals surface area contributed by atoms with Crippen LogP contribution in [-0.2, 0) is 13.0 Å². The van der Waals surface area contributed by atoms with E-state index in [-0.39, 0.29) is 11.9 Å². The maximum absolute atomic E-state index is 11.0. The quantitative estimate of drug-likeness (QED) is 0.284. The van der Waals surface area contributed by atoms with E-state index in [2.05, 4.69) is 80.7 Å². The van der Waals surface area contributed by atoms with Gasteiger partial charge in [-0.2, -0.15) is 10.2 Å². The molecule has 0 spiro atoms. The Labute approximate surface area is 208 Å². The largest absolute Gasteiger partial charge is 0.490 e. The summed E-state index contributed by atoms with van der Waals surface area (Å²) in [5.74, 6) is 1.50. The van der Waals surface area contributed by atoms with E-state index in [0.29, 0.717) is 17.1 Å². The van der Waals surface area contributed by atoms with Crippen LogP contribution in [0.1, 0.15) is 69.4 Å². The predicted molar refractivity (Wildman–Crippen MR) is 140 cm³/mol. The van der Waals surface area contributed by atoms with Crippen molar-refractivity contribution in [2.24, 2.45) is 5.92 Å². The van der Waals surface area contributed by atoms with Gasteiger partial charge in [-0.3, -0.25) is 9.48 Å². The molecule has 0 unspecified atom stereocenters. The average molecular weight is 476 g/mol. The Bertz CT molecular complexity index is 1270. The van der Waals surface area contributed by atoms with E-state index in [9.17, 15) is 4.79 Å². The van der Waals surface area contributed by atoms with Crippen molar-refractivity contribution in [2.75, 3.05) is 0 Å². The number of aromatic nitrogens is 5. The first kappa shape index (κ1) is 26.1. The summed E-state index contributed by atoms with van der Waals surface area (Å²) in [7, 11) is 0. The lowest BCUT2D eigenvalue weighted by Gasteiger charge is -2.14. The van der Waals surface area contributed by atoms with Gasteiger partial charge in [0.15, 0.2) is 11.4 Å². The first-order valence-electron chi connectivity index (χ1n) is 12.3. The molecule has 0 radical (unpaired) electrons. The molecule has 35 heavy (non-hydrogen) atoms. The summed E-state index contributed by atoms with van der Waals surface area (Å²) in [5.41, 5.74) is 5.92. The number of Topliss-reactive ketones (excluding diaryl/α,β-unsaturated/α-hetero) is 1. The lowest BCUT2D eigenvalue weighted by atomic mass is 10.0. The smallest absolute Gasteiger partial charge is 0.165 e. The van der Waals surface area contributed by atoms with Crippen molar-refractivity contribution in [1.29, 1.82) is 0 Å². The van der Waals surface area contributed by atoms with Crippen LogP contribution in [0.5, 0.6) is 5.75 Å². The maximum atomic E-state index is 11.0. The molecule has 0 fully saturated rings. The van der Waals surface area contributed by atoms with E-state index in [0.717, 1.165) is 36.4 Å². The van der Waals surface area contributed by atoms with E-state index >= 15 is 0 Å². The molecule has 0 aliphatic rings. The number of ketones is 1. The Hall–Kier alpha value is -3.48. The number of ether oxygens (including phenoxy) is 1. The average Bonchev–Trinajstić information content (AvgIpc) is 3.39. The standard InChI is InChI=1S/C20H30N2O.C8H7N3O/c1-7-8-17-13-22(12-14(2)3)21-20(17)18-11-16(6)9-10-19(18)23-15(4)5;1-6(12)7-5-10-11-4-2-3-9-8(7)11/h9-11,13-15H,7-8,12H2,1-6H3;2-5H,1H3. The maximum Gasteiger partial charge on any atom is 0.165 e. The number of aryl methyl sites for hydroxylation is 2. The topological polar surface area (TPSA) is 74.3 Å². The van der Waals surface area contributed by atoms with Gasteiger partial charge in [0.05, 0.1) is 23.6 Å². The molecular weight excluding hydrogens is 438 g/mol. The van der Waals surface area contributed by atoms with Crippen LogP contribution in [0.4, 0.5) is 0 Å². The number of carbonyl (C=O) groups excluding carboxylic acids is 1. The van der Waals surface area contributed by atoms with Crippen LogP contribution in [0.2, 0.25) is 0 Å². The van der Waals surface area contributed by atoms with E-state index in [1.807, 2.05) is 0 Å². The zero-order valence-electron chi connectivity index (χ0n) is 21.9. The van der Waals surface area contributed by atoms with Crippen LogP contribution in [-0.4, -0.2) is 36.3 Å². The summed E-state index contributed by atoms with van der Waals surface area (Å²) in [5, 5.41) is 8.86. The molecule has 3 heterocycles. The van der Waals surface area contributed by atoms with Gasteiger partial charge in [-0.25, -0.2) is 9.50 Å². The highest BCUT2D eigenvalue weighted by atomic mass is 16.5. The molecule has 186 valence electrons. The highest BCUT2D eigenvalue weighted by Gasteiger charge is 2.17. The fraction of sp³-hybridized carbons (Fsp3) is 0.429. The summed E-state index contributed by atoms with van der Waals surface area (Å²) in [4.78, 5) is 15.1. The second-order valence-electron chi connectivity index (χ2n) is 9.54.